The summed E-state index contributed by atoms with van der Waals surface area (Å²) in [4.78, 5) is 98.2. The minimum Gasteiger partial charge on any atom is -0.444 e. The molecule has 750 valence electrons. The van der Waals surface area contributed by atoms with Gasteiger partial charge in [0.15, 0.2) is 81.1 Å². The minimum absolute atomic E-state index is 0.0216. The molecule has 0 bridgehead atoms. The molecule has 0 spiro atoms. The third-order valence-electron chi connectivity index (χ3n) is 34.0. The Kier molecular flexibility index (Phi) is 26.8. The Morgan fingerprint density at radius 1 is 0.448 bits per heavy atom. The predicted molar refractivity (Wildman–Crippen MR) is 513 cm³/mol. The van der Waals surface area contributed by atoms with Crippen LogP contribution >= 0.6 is 0 Å². The number of fused-ring (bicyclic) bond motifs is 19. The fraction of sp³-hybridized carbons (Fsp3) is 0.451. The fourth-order valence-electron chi connectivity index (χ4n) is 27.1. The number of benzene rings is 6. The number of halogens is 6. The number of alkyl halides is 6. The number of allylic oxidation sites excluding steroid dienone is 12. The van der Waals surface area contributed by atoms with Gasteiger partial charge in [0.1, 0.15) is 50.2 Å². The van der Waals surface area contributed by atoms with Crippen molar-refractivity contribution in [1.29, 1.82) is 0 Å². The Bertz CT molecular complexity index is 6310. The molecule has 0 unspecified atom stereocenters. The smallest absolute Gasteiger partial charge is 0.412 e. The molecule has 24 nitrogen and oxygen atoms in total. The fourth-order valence-corrected chi connectivity index (χ4v) is 27.1. The van der Waals surface area contributed by atoms with E-state index in [0.29, 0.717) is 33.8 Å². The highest BCUT2D eigenvalue weighted by atomic mass is 19.2. The van der Waals surface area contributed by atoms with Gasteiger partial charge in [0, 0.05) is 117 Å². The van der Waals surface area contributed by atoms with Gasteiger partial charge in [-0.15, -0.1) is 0 Å². The first-order chi connectivity index (χ1) is 67.5. The third kappa shape index (κ3) is 16.4. The standard InChI is InChI=1S/2C36H35F2NO6.C21H26F2O6.C20H19NO3/c2*1-33-13-12-24(41)15-27(33)28(37)16-26-25-17-31-36(30(43)19-40,34(25,2)18-29(42)35(26,33)38)45-32(44-31)22-10-8-20(9-11-22)6-7-21-4-3-5-23(39)14-21;1-18-4-3-10(25)5-13(18)14(22)6-12-11-7-15(26)21(29,17(28)9-24)19(11,2)8-16(27)20(12,18)23;1-20(2,3)24-19(23)21-18-6-4-5-16(13-18)10-7-15-8-11-17(14-22)12-9-15/h2*3-5,8-15,25-26,28-29,31-32,40,42H,16-19,39H2,1-2H3;3-5,11-12,14-16,24,26-27,29H,6-9H2,1-2H3;4-6,8-9,11-14H,1-3H3,(H,21,23)/t25-,26-,28-,29-,31+,32+,33-,34-,35-,36+;25-,26-,28-,29-,31+,32-,33-,34-,35-,36+;11-,12-,14-,15+,16-,18-,19-,20-,21-;/m000./s1. The lowest BCUT2D eigenvalue weighted by atomic mass is 9.44. The molecule has 29 atom stereocenters. The van der Waals surface area contributed by atoms with E-state index in [1.54, 1.807) is 123 Å². The number of ether oxygens (including phenoxy) is 5. The molecule has 11 fully saturated rings. The number of nitrogens with two attached hydrogens (primary N) is 2. The summed E-state index contributed by atoms with van der Waals surface area (Å²) in [6.07, 6.45) is -4.99. The van der Waals surface area contributed by atoms with E-state index in [2.05, 4.69) is 40.8 Å². The van der Waals surface area contributed by atoms with Gasteiger partial charge in [-0.05, 0) is 261 Å². The maximum atomic E-state index is 17.5. The molecule has 14 aliphatic rings. The van der Waals surface area contributed by atoms with Crippen LogP contribution < -0.4 is 16.8 Å². The number of amides is 1. The van der Waals surface area contributed by atoms with Crippen LogP contribution in [0.5, 0.6) is 0 Å². The van der Waals surface area contributed by atoms with Crippen molar-refractivity contribution in [3.05, 3.63) is 267 Å². The second-order valence-corrected chi connectivity index (χ2v) is 42.6. The Labute approximate surface area is 823 Å². The van der Waals surface area contributed by atoms with Crippen LogP contribution in [0.15, 0.2) is 217 Å². The third-order valence-corrected chi connectivity index (χ3v) is 34.0. The van der Waals surface area contributed by atoms with Crippen molar-refractivity contribution in [2.24, 2.45) is 68.0 Å². The summed E-state index contributed by atoms with van der Waals surface area (Å²) in [5.74, 6) is 9.71. The highest BCUT2D eigenvalue weighted by molar-refractivity contribution is 6.03. The Balaban J connectivity index is 0.000000135. The molecule has 6 aromatic carbocycles. The number of carbonyl (C=O) groups is 8. The molecule has 2 aliphatic heterocycles. The molecule has 13 N–H and O–H groups in total. The van der Waals surface area contributed by atoms with Crippen LogP contribution in [0.1, 0.15) is 188 Å². The summed E-state index contributed by atoms with van der Waals surface area (Å²) in [5.41, 5.74) is -1.66. The lowest BCUT2D eigenvalue weighted by Gasteiger charge is -2.63. The van der Waals surface area contributed by atoms with Gasteiger partial charge in [-0.3, -0.25) is 38.9 Å². The highest BCUT2D eigenvalue weighted by Crippen LogP contribution is 2.77. The summed E-state index contributed by atoms with van der Waals surface area (Å²) >= 11 is 0. The normalized spacial score (nSPS) is 38.6. The van der Waals surface area contributed by atoms with E-state index in [4.69, 9.17) is 35.2 Å². The van der Waals surface area contributed by atoms with E-state index in [0.717, 1.165) is 64.0 Å². The van der Waals surface area contributed by atoms with Gasteiger partial charge in [-0.2, -0.15) is 0 Å². The molecule has 9 saturated carbocycles. The molecule has 1 amide bonds. The largest absolute Gasteiger partial charge is 0.444 e. The number of nitrogens with one attached hydrogen (secondary N) is 1. The zero-order valence-corrected chi connectivity index (χ0v) is 80.2. The molecule has 143 heavy (non-hydrogen) atoms. The van der Waals surface area contributed by atoms with E-state index in [-0.39, 0.29) is 74.5 Å². The average molecular weight is 1970 g/mol. The predicted octanol–water partition coefficient (Wildman–Crippen LogP) is 13.4. The number of ketones is 6. The van der Waals surface area contributed by atoms with E-state index < -0.39 is 236 Å². The van der Waals surface area contributed by atoms with Gasteiger partial charge in [-0.1, -0.05) is 129 Å². The topological polar surface area (TPSA) is 409 Å². The molecule has 2 heterocycles. The number of aldehydes is 1. The molecule has 12 aliphatic carbocycles. The summed E-state index contributed by atoms with van der Waals surface area (Å²) in [7, 11) is 0. The molecule has 6 aromatic rings. The first-order valence-electron chi connectivity index (χ1n) is 48.0. The Morgan fingerprint density at radius 2 is 0.783 bits per heavy atom. The number of nitrogen functional groups attached to an aromatic ring is 2. The molecular formula is C113H115F6N3O21. The average Bonchev–Trinajstić information content (AvgIpc) is 1.49. The maximum absolute atomic E-state index is 17.5. The zero-order chi connectivity index (χ0) is 103. The van der Waals surface area contributed by atoms with Crippen LogP contribution in [0.2, 0.25) is 0 Å². The number of aliphatic hydroxyl groups is 8. The van der Waals surface area contributed by atoms with Crippen LogP contribution in [0.3, 0.4) is 0 Å². The van der Waals surface area contributed by atoms with Gasteiger partial charge >= 0.3 is 6.09 Å². The van der Waals surface area contributed by atoms with Gasteiger partial charge in [0.25, 0.3) is 0 Å². The summed E-state index contributed by atoms with van der Waals surface area (Å²) in [6, 6.07) is 43.1. The number of carbonyl (C=O) groups excluding carboxylic acids is 8. The van der Waals surface area contributed by atoms with E-state index >= 15 is 26.3 Å². The summed E-state index contributed by atoms with van der Waals surface area (Å²) < 4.78 is 130. The van der Waals surface area contributed by atoms with E-state index in [9.17, 15) is 79.2 Å². The van der Waals surface area contributed by atoms with Gasteiger partial charge in [-0.25, -0.2) is 31.1 Å². The van der Waals surface area contributed by atoms with Crippen molar-refractivity contribution < 1.29 is 129 Å². The lowest BCUT2D eigenvalue weighted by molar-refractivity contribution is -0.235. The van der Waals surface area contributed by atoms with Gasteiger partial charge in [0.05, 0.1) is 36.6 Å². The Morgan fingerprint density at radius 3 is 1.13 bits per heavy atom. The molecule has 0 radical (unpaired) electrons. The maximum Gasteiger partial charge on any atom is 0.412 e. The number of hydrogen-bond acceptors (Lipinski definition) is 23. The molecule has 30 heteroatoms. The summed E-state index contributed by atoms with van der Waals surface area (Å²) in [5, 5.41) is 88.3. The van der Waals surface area contributed by atoms with Crippen molar-refractivity contribution in [3.63, 3.8) is 0 Å². The number of aliphatic hydroxyl groups excluding tert-OH is 7. The van der Waals surface area contributed by atoms with Crippen LogP contribution in [-0.2, 0) is 52.5 Å². The number of anilines is 3. The summed E-state index contributed by atoms with van der Waals surface area (Å²) in [6.45, 7) is 12.2. The van der Waals surface area contributed by atoms with Crippen LogP contribution in [-0.4, -0.2) is 202 Å². The van der Waals surface area contributed by atoms with Crippen molar-refractivity contribution in [2.75, 3.05) is 36.6 Å². The minimum atomic E-state index is -2.37. The van der Waals surface area contributed by atoms with Crippen molar-refractivity contribution in [1.82, 2.24) is 0 Å². The van der Waals surface area contributed by atoms with Crippen LogP contribution in [0, 0.1) is 104 Å². The van der Waals surface area contributed by atoms with Crippen LogP contribution in [0.4, 0.5) is 48.2 Å². The van der Waals surface area contributed by atoms with Crippen molar-refractivity contribution in [2.45, 2.75) is 227 Å². The lowest BCUT2D eigenvalue weighted by Crippen LogP contribution is -2.70. The van der Waals surface area contributed by atoms with Gasteiger partial charge in [0.2, 0.25) is 0 Å². The zero-order valence-electron chi connectivity index (χ0n) is 80.2. The molecule has 20 rings (SSSR count). The Hall–Kier alpha value is -11.9. The molecular weight excluding hydrogens is 1850 g/mol. The quantitative estimate of drug-likeness (QED) is 0.0263. The monoisotopic (exact) mass is 1960 g/mol. The first-order valence-corrected chi connectivity index (χ1v) is 48.0. The van der Waals surface area contributed by atoms with E-state index in [1.807, 2.05) is 57.2 Å². The number of Topliss-reactive ketones (excluding diaryl/α,β-unsaturated/α-hetero) is 3. The first kappa shape index (κ1) is 103. The second-order valence-electron chi connectivity index (χ2n) is 42.6. The molecule has 2 saturated heterocycles. The molecule has 0 aromatic heterocycles. The van der Waals surface area contributed by atoms with Crippen LogP contribution in [0.25, 0.3) is 0 Å². The number of rotatable bonds is 10. The van der Waals surface area contributed by atoms with Gasteiger partial charge < -0.3 is 76.0 Å². The van der Waals surface area contributed by atoms with Crippen molar-refractivity contribution in [3.8, 4) is 35.5 Å². The SMILES string of the molecule is CC(C)(C)OC(=O)Nc1cccc(C#Cc2ccc(C=O)cc2)c1.C[C@]12C=CC(=O)C=C1[C@@H](F)C[C@H]1[C@@H]3C[C@@H](O)[C@](O)(C(=O)CO)[C@@]3(C)C[C@H](O)[C@@]12F.C[C@]12C=CC(=O)C=C1[C@@H](F)C[C@H]1[C@@H]3C[C@H]4O[C@@H](c5ccc(C#Cc6cccc(N)c6)cc5)O[C@@]4(C(=O)CO)[C@@]3(C)C[C@H](O)[C@@]12F.C[C@]12C=CC(=O)C=C1[C@@H](F)C[C@H]1[C@@H]3C[C@H]4O[C@H](c5ccc(C#Cc6cccc(N)c6)cc5)O[C@@]4(C(=O)CO)[C@@]3(C)C[C@H](O)[C@@]12F. The highest BCUT2D eigenvalue weighted by Gasteiger charge is 2.84. The van der Waals surface area contributed by atoms with E-state index in [1.165, 1.54) is 58.1 Å². The second kappa shape index (κ2) is 37.3. The van der Waals surface area contributed by atoms with Crippen molar-refractivity contribution >= 4 is 64.1 Å². The number of hydrogen-bond donors (Lipinski definition) is 11.